The maximum Gasteiger partial charge on any atom is 0.333 e. The Balaban J connectivity index is 3.17. The predicted octanol–water partition coefficient (Wildman–Crippen LogP) is 1.44. The molecule has 1 rings (SSSR count). The molecule has 1 N–H and O–H groups in total. The van der Waals surface area contributed by atoms with Gasteiger partial charge in [-0.3, -0.25) is 10.1 Å². The average Bonchev–Trinajstić information content (AvgIpc) is 2.43. The Morgan fingerprint density at radius 3 is 2.70 bits per heavy atom. The van der Waals surface area contributed by atoms with Crippen LogP contribution in [0.5, 0.6) is 5.75 Å². The molecule has 0 aromatic heterocycles. The van der Waals surface area contributed by atoms with E-state index in [0.29, 0.717) is 32.0 Å². The van der Waals surface area contributed by atoms with E-state index in [-0.39, 0.29) is 18.0 Å². The van der Waals surface area contributed by atoms with Gasteiger partial charge in [-0.05, 0) is 19.1 Å². The van der Waals surface area contributed by atoms with Crippen LogP contribution in [-0.4, -0.2) is 50.0 Å². The maximum absolute atomic E-state index is 11.3. The Morgan fingerprint density at radius 2 is 2.15 bits per heavy atom. The van der Waals surface area contributed by atoms with Crippen molar-refractivity contribution in [1.29, 1.82) is 0 Å². The summed E-state index contributed by atoms with van der Waals surface area (Å²) < 4.78 is 10.3. The van der Waals surface area contributed by atoms with E-state index in [1.807, 2.05) is 0 Å². The van der Waals surface area contributed by atoms with Gasteiger partial charge >= 0.3 is 5.69 Å². The Hall–Kier alpha value is -1.86. The third-order valence-corrected chi connectivity index (χ3v) is 2.74. The molecule has 0 aliphatic carbocycles. The number of nitro groups is 1. The summed E-state index contributed by atoms with van der Waals surface area (Å²) in [6.45, 7) is 3.18. The second kappa shape index (κ2) is 8.34. The predicted molar refractivity (Wildman–Crippen MR) is 75.4 cm³/mol. The molecule has 20 heavy (non-hydrogen) atoms. The highest BCUT2D eigenvalue weighted by Crippen LogP contribution is 2.37. The number of nitrogens with zero attached hydrogens (tertiary/aromatic N) is 2. The van der Waals surface area contributed by atoms with Gasteiger partial charge in [-0.1, -0.05) is 6.07 Å². The fourth-order valence-electron chi connectivity index (χ4n) is 1.90. The molecule has 0 saturated heterocycles. The zero-order chi connectivity index (χ0) is 15.0. The third-order valence-electron chi connectivity index (χ3n) is 2.74. The van der Waals surface area contributed by atoms with E-state index in [2.05, 4.69) is 0 Å². The van der Waals surface area contributed by atoms with Gasteiger partial charge in [-0.2, -0.15) is 0 Å². The summed E-state index contributed by atoms with van der Waals surface area (Å²) in [7, 11) is 1.56. The Morgan fingerprint density at radius 1 is 1.40 bits per heavy atom. The summed E-state index contributed by atoms with van der Waals surface area (Å²) in [5.74, 6) is 0.232. The number of benzene rings is 1. The second-order valence-corrected chi connectivity index (χ2v) is 4.02. The van der Waals surface area contributed by atoms with Gasteiger partial charge < -0.3 is 19.5 Å². The van der Waals surface area contributed by atoms with Gasteiger partial charge in [0.25, 0.3) is 0 Å². The summed E-state index contributed by atoms with van der Waals surface area (Å²) in [4.78, 5) is 12.6. The zero-order valence-electron chi connectivity index (χ0n) is 11.7. The van der Waals surface area contributed by atoms with Crippen LogP contribution in [0.3, 0.4) is 0 Å². The SMILES string of the molecule is CCOc1cccc(N(CCO)CCOC)c1[N+](=O)[O-]. The van der Waals surface area contributed by atoms with E-state index in [1.165, 1.54) is 0 Å². The van der Waals surface area contributed by atoms with Gasteiger partial charge in [0, 0.05) is 20.2 Å². The lowest BCUT2D eigenvalue weighted by molar-refractivity contribution is -0.385. The molecule has 112 valence electrons. The van der Waals surface area contributed by atoms with Crippen molar-refractivity contribution in [2.24, 2.45) is 0 Å². The highest BCUT2D eigenvalue weighted by atomic mass is 16.6. The molecule has 0 spiro atoms. The van der Waals surface area contributed by atoms with Crippen LogP contribution >= 0.6 is 0 Å². The monoisotopic (exact) mass is 284 g/mol. The largest absolute Gasteiger partial charge is 0.487 e. The van der Waals surface area contributed by atoms with E-state index in [0.717, 1.165) is 0 Å². The summed E-state index contributed by atoms with van der Waals surface area (Å²) in [5, 5.41) is 20.4. The lowest BCUT2D eigenvalue weighted by atomic mass is 10.2. The topological polar surface area (TPSA) is 85.1 Å². The van der Waals surface area contributed by atoms with Crippen LogP contribution < -0.4 is 9.64 Å². The number of anilines is 1. The Kier molecular flexibility index (Phi) is 6.75. The molecule has 0 fully saturated rings. The van der Waals surface area contributed by atoms with Crippen molar-refractivity contribution in [1.82, 2.24) is 0 Å². The fraction of sp³-hybridized carbons (Fsp3) is 0.538. The van der Waals surface area contributed by atoms with Crippen molar-refractivity contribution in [2.75, 3.05) is 44.9 Å². The van der Waals surface area contributed by atoms with Crippen molar-refractivity contribution in [3.8, 4) is 5.75 Å². The number of aliphatic hydroxyl groups is 1. The molecule has 0 heterocycles. The van der Waals surface area contributed by atoms with E-state index in [1.54, 1.807) is 37.1 Å². The quantitative estimate of drug-likeness (QED) is 0.545. The van der Waals surface area contributed by atoms with E-state index < -0.39 is 4.92 Å². The molecule has 0 aliphatic rings. The average molecular weight is 284 g/mol. The number of ether oxygens (including phenoxy) is 2. The van der Waals surface area contributed by atoms with Crippen LogP contribution in [-0.2, 0) is 4.74 Å². The third kappa shape index (κ3) is 4.07. The number of nitro benzene ring substituents is 1. The van der Waals surface area contributed by atoms with E-state index >= 15 is 0 Å². The first-order valence-corrected chi connectivity index (χ1v) is 6.40. The van der Waals surface area contributed by atoms with Crippen molar-refractivity contribution in [2.45, 2.75) is 6.92 Å². The molecule has 0 bridgehead atoms. The summed E-state index contributed by atoms with van der Waals surface area (Å²) in [6, 6.07) is 4.91. The molecule has 0 amide bonds. The van der Waals surface area contributed by atoms with Gasteiger partial charge in [0.15, 0.2) is 5.75 Å². The standard InChI is InChI=1S/C13H20N2O5/c1-3-20-12-6-4-5-11(13(12)15(17)18)14(7-9-16)8-10-19-2/h4-6,16H,3,7-10H2,1-2H3. The minimum atomic E-state index is -0.461. The zero-order valence-corrected chi connectivity index (χ0v) is 11.7. The van der Waals surface area contributed by atoms with Crippen molar-refractivity contribution in [3.63, 3.8) is 0 Å². The first-order valence-electron chi connectivity index (χ1n) is 6.40. The summed E-state index contributed by atoms with van der Waals surface area (Å²) >= 11 is 0. The minimum Gasteiger partial charge on any atom is -0.487 e. The van der Waals surface area contributed by atoms with Gasteiger partial charge in [0.1, 0.15) is 5.69 Å². The van der Waals surface area contributed by atoms with Gasteiger partial charge in [0.05, 0.1) is 24.7 Å². The lowest BCUT2D eigenvalue weighted by Crippen LogP contribution is -2.30. The number of aliphatic hydroxyl groups excluding tert-OH is 1. The van der Waals surface area contributed by atoms with E-state index in [4.69, 9.17) is 14.6 Å². The summed E-state index contributed by atoms with van der Waals surface area (Å²) in [6.07, 6.45) is 0. The first kappa shape index (κ1) is 16.2. The van der Waals surface area contributed by atoms with Crippen LogP contribution in [0.15, 0.2) is 18.2 Å². The molecule has 0 saturated carbocycles. The number of rotatable bonds is 9. The molecular formula is C13H20N2O5. The Bertz CT molecular complexity index is 439. The Labute approximate surface area is 117 Å². The number of methoxy groups -OCH3 is 1. The molecule has 0 unspecified atom stereocenters. The fourth-order valence-corrected chi connectivity index (χ4v) is 1.90. The number of hydrogen-bond donors (Lipinski definition) is 1. The molecule has 1 aromatic rings. The van der Waals surface area contributed by atoms with Gasteiger partial charge in [0.2, 0.25) is 0 Å². The van der Waals surface area contributed by atoms with Crippen LogP contribution in [0.4, 0.5) is 11.4 Å². The minimum absolute atomic E-state index is 0.0843. The number of para-hydroxylation sites is 1. The molecule has 0 aliphatic heterocycles. The smallest absolute Gasteiger partial charge is 0.333 e. The van der Waals surface area contributed by atoms with Crippen LogP contribution in [0.25, 0.3) is 0 Å². The van der Waals surface area contributed by atoms with Gasteiger partial charge in [-0.15, -0.1) is 0 Å². The van der Waals surface area contributed by atoms with Gasteiger partial charge in [-0.25, -0.2) is 0 Å². The van der Waals surface area contributed by atoms with E-state index in [9.17, 15) is 10.1 Å². The van der Waals surface area contributed by atoms with Crippen molar-refractivity contribution in [3.05, 3.63) is 28.3 Å². The van der Waals surface area contributed by atoms with Crippen LogP contribution in [0.1, 0.15) is 6.92 Å². The summed E-state index contributed by atoms with van der Waals surface area (Å²) in [5.41, 5.74) is 0.339. The molecule has 7 heteroatoms. The van der Waals surface area contributed by atoms with Crippen LogP contribution in [0.2, 0.25) is 0 Å². The lowest BCUT2D eigenvalue weighted by Gasteiger charge is -2.23. The highest BCUT2D eigenvalue weighted by molar-refractivity contribution is 5.69. The number of hydrogen-bond acceptors (Lipinski definition) is 6. The van der Waals surface area contributed by atoms with Crippen molar-refractivity contribution < 1.29 is 19.5 Å². The maximum atomic E-state index is 11.3. The molecular weight excluding hydrogens is 264 g/mol. The second-order valence-electron chi connectivity index (χ2n) is 4.02. The molecule has 7 nitrogen and oxygen atoms in total. The first-order chi connectivity index (χ1) is 9.65. The molecule has 0 atom stereocenters. The normalized spacial score (nSPS) is 10.3. The van der Waals surface area contributed by atoms with Crippen LogP contribution in [0, 0.1) is 10.1 Å². The molecule has 0 radical (unpaired) electrons. The highest BCUT2D eigenvalue weighted by Gasteiger charge is 2.24. The molecule has 1 aromatic carbocycles. The van der Waals surface area contributed by atoms with Crippen molar-refractivity contribution >= 4 is 11.4 Å².